The van der Waals surface area contributed by atoms with Crippen molar-refractivity contribution in [1.29, 1.82) is 0 Å². The summed E-state index contributed by atoms with van der Waals surface area (Å²) in [7, 11) is 0. The maximum absolute atomic E-state index is 14.0. The molecular weight excluding hydrogens is 430 g/mol. The summed E-state index contributed by atoms with van der Waals surface area (Å²) in [5.74, 6) is -2.22. The van der Waals surface area contributed by atoms with Crippen LogP contribution in [0.2, 0.25) is 10.0 Å². The lowest BCUT2D eigenvalue weighted by atomic mass is 10.1. The minimum atomic E-state index is -0.683. The van der Waals surface area contributed by atoms with Crippen LogP contribution in [0.25, 0.3) is 0 Å². The summed E-state index contributed by atoms with van der Waals surface area (Å²) >= 11 is 11.9. The first-order valence-electron chi connectivity index (χ1n) is 9.45. The van der Waals surface area contributed by atoms with Crippen molar-refractivity contribution >= 4 is 35.0 Å². The molecule has 0 radical (unpaired) electrons. The second kappa shape index (κ2) is 9.49. The van der Waals surface area contributed by atoms with E-state index in [1.165, 1.54) is 11.0 Å². The molecule has 30 heavy (non-hydrogen) atoms. The second-order valence-electron chi connectivity index (χ2n) is 7.19. The molecule has 2 aromatic rings. The van der Waals surface area contributed by atoms with E-state index >= 15 is 0 Å². The van der Waals surface area contributed by atoms with E-state index in [0.717, 1.165) is 11.1 Å². The van der Waals surface area contributed by atoms with E-state index in [9.17, 15) is 19.1 Å². The zero-order valence-electron chi connectivity index (χ0n) is 16.3. The Hall–Kier alpha value is -2.57. The number of nitrogens with zero attached hydrogens (tertiary/aromatic N) is 1. The van der Waals surface area contributed by atoms with Gasteiger partial charge in [0.25, 0.3) is 11.8 Å². The Labute approximate surface area is 184 Å². The lowest BCUT2D eigenvalue weighted by molar-refractivity contribution is -0.128. The molecule has 8 heteroatoms. The molecule has 158 valence electrons. The first kappa shape index (κ1) is 22.1. The maximum Gasteiger partial charge on any atom is 0.289 e. The summed E-state index contributed by atoms with van der Waals surface area (Å²) in [4.78, 5) is 25.9. The van der Waals surface area contributed by atoms with Crippen LogP contribution in [0.3, 0.4) is 0 Å². The van der Waals surface area contributed by atoms with Gasteiger partial charge in [-0.25, -0.2) is 4.39 Å². The number of hydrogen-bond donors (Lipinski definition) is 2. The van der Waals surface area contributed by atoms with Crippen molar-refractivity contribution < 1.29 is 19.1 Å². The van der Waals surface area contributed by atoms with Gasteiger partial charge >= 0.3 is 0 Å². The van der Waals surface area contributed by atoms with Crippen LogP contribution in [-0.4, -0.2) is 34.9 Å². The fourth-order valence-corrected chi connectivity index (χ4v) is 3.57. The van der Waals surface area contributed by atoms with Gasteiger partial charge in [-0.3, -0.25) is 9.59 Å². The normalized spacial score (nSPS) is 13.9. The SMILES string of the molecule is Cc1ccc(F)c(CN2CC(C(=O)NCCCc3ccc(Cl)c(Cl)c3)=C(O)C2=O)c1. The maximum atomic E-state index is 14.0. The Balaban J connectivity index is 1.53. The molecule has 0 unspecified atom stereocenters. The number of aliphatic hydroxyl groups is 1. The molecule has 1 heterocycles. The van der Waals surface area contributed by atoms with Crippen LogP contribution in [0.4, 0.5) is 4.39 Å². The number of hydrogen-bond acceptors (Lipinski definition) is 3. The minimum Gasteiger partial charge on any atom is -0.503 e. The average molecular weight is 451 g/mol. The molecular formula is C22H21Cl2FN2O3. The van der Waals surface area contributed by atoms with Crippen LogP contribution in [0.15, 0.2) is 47.7 Å². The Morgan fingerprint density at radius 2 is 1.97 bits per heavy atom. The van der Waals surface area contributed by atoms with E-state index in [-0.39, 0.29) is 18.7 Å². The highest BCUT2D eigenvalue weighted by Gasteiger charge is 2.34. The fraction of sp³-hybridized carbons (Fsp3) is 0.273. The predicted octanol–water partition coefficient (Wildman–Crippen LogP) is 4.34. The van der Waals surface area contributed by atoms with Crippen molar-refractivity contribution in [3.63, 3.8) is 0 Å². The standard InChI is InChI=1S/C22H21Cl2FN2O3/c1-13-4-7-19(25)15(9-13)11-27-12-16(20(28)22(27)30)21(29)26-8-2-3-14-5-6-17(23)18(24)10-14/h4-7,9-10,28H,2-3,8,11-12H2,1H3,(H,26,29). The zero-order valence-corrected chi connectivity index (χ0v) is 17.9. The Bertz CT molecular complexity index is 1020. The number of amides is 2. The Morgan fingerprint density at radius 1 is 1.20 bits per heavy atom. The van der Waals surface area contributed by atoms with Crippen molar-refractivity contribution in [1.82, 2.24) is 10.2 Å². The lowest BCUT2D eigenvalue weighted by Crippen LogP contribution is -2.30. The fourth-order valence-electron chi connectivity index (χ4n) is 3.25. The van der Waals surface area contributed by atoms with Crippen LogP contribution < -0.4 is 5.32 Å². The minimum absolute atomic E-state index is 0.0115. The summed E-state index contributed by atoms with van der Waals surface area (Å²) in [5.41, 5.74) is 2.17. The van der Waals surface area contributed by atoms with E-state index < -0.39 is 23.4 Å². The number of benzene rings is 2. The summed E-state index contributed by atoms with van der Waals surface area (Å²) in [6.07, 6.45) is 1.32. The molecule has 2 amide bonds. The van der Waals surface area contributed by atoms with Crippen LogP contribution in [0.1, 0.15) is 23.1 Å². The van der Waals surface area contributed by atoms with Crippen molar-refractivity contribution in [2.75, 3.05) is 13.1 Å². The zero-order chi connectivity index (χ0) is 21.8. The molecule has 1 aliphatic rings. The number of halogens is 3. The molecule has 0 aliphatic carbocycles. The van der Waals surface area contributed by atoms with E-state index in [4.69, 9.17) is 23.2 Å². The molecule has 0 aromatic heterocycles. The largest absolute Gasteiger partial charge is 0.503 e. The Morgan fingerprint density at radius 3 is 2.70 bits per heavy atom. The lowest BCUT2D eigenvalue weighted by Gasteiger charge is -2.17. The molecule has 5 nitrogen and oxygen atoms in total. The molecule has 0 bridgehead atoms. The summed E-state index contributed by atoms with van der Waals surface area (Å²) in [6.45, 7) is 2.08. The average Bonchev–Trinajstić information content (AvgIpc) is 2.99. The van der Waals surface area contributed by atoms with Crippen molar-refractivity contribution in [3.05, 3.63) is 80.3 Å². The Kier molecular flexibility index (Phi) is 7.00. The second-order valence-corrected chi connectivity index (χ2v) is 8.01. The molecule has 2 aromatic carbocycles. The van der Waals surface area contributed by atoms with Crippen LogP contribution in [-0.2, 0) is 22.6 Å². The summed E-state index contributed by atoms with van der Waals surface area (Å²) < 4.78 is 14.0. The summed E-state index contributed by atoms with van der Waals surface area (Å²) in [5, 5.41) is 13.8. The van der Waals surface area contributed by atoms with Gasteiger partial charge in [0.1, 0.15) is 5.82 Å². The molecule has 0 spiro atoms. The topological polar surface area (TPSA) is 69.6 Å². The molecule has 0 saturated heterocycles. The molecule has 0 atom stereocenters. The van der Waals surface area contributed by atoms with Gasteiger partial charge in [0.05, 0.1) is 22.2 Å². The third-order valence-electron chi connectivity index (χ3n) is 4.87. The van der Waals surface area contributed by atoms with Gasteiger partial charge < -0.3 is 15.3 Å². The monoisotopic (exact) mass is 450 g/mol. The van der Waals surface area contributed by atoms with Gasteiger partial charge in [-0.15, -0.1) is 0 Å². The third-order valence-corrected chi connectivity index (χ3v) is 5.61. The molecule has 0 saturated carbocycles. The molecule has 3 rings (SSSR count). The van der Waals surface area contributed by atoms with E-state index in [2.05, 4.69) is 5.32 Å². The number of carbonyl (C=O) groups excluding carboxylic acids is 2. The predicted molar refractivity (Wildman–Crippen MR) is 114 cm³/mol. The highest BCUT2D eigenvalue weighted by atomic mass is 35.5. The smallest absolute Gasteiger partial charge is 0.289 e. The first-order chi connectivity index (χ1) is 14.3. The van der Waals surface area contributed by atoms with Crippen LogP contribution >= 0.6 is 23.2 Å². The highest BCUT2D eigenvalue weighted by molar-refractivity contribution is 6.42. The number of carbonyl (C=O) groups is 2. The van der Waals surface area contributed by atoms with Gasteiger partial charge in [-0.2, -0.15) is 0 Å². The van der Waals surface area contributed by atoms with Gasteiger partial charge in [-0.1, -0.05) is 47.0 Å². The van der Waals surface area contributed by atoms with E-state index in [1.54, 1.807) is 24.3 Å². The van der Waals surface area contributed by atoms with Gasteiger partial charge in [0.15, 0.2) is 5.76 Å². The summed E-state index contributed by atoms with van der Waals surface area (Å²) in [6, 6.07) is 9.97. The van der Waals surface area contributed by atoms with Gasteiger partial charge in [0, 0.05) is 18.7 Å². The molecule has 1 aliphatic heterocycles. The number of rotatable bonds is 7. The third kappa shape index (κ3) is 5.12. The van der Waals surface area contributed by atoms with E-state index in [0.29, 0.717) is 35.0 Å². The van der Waals surface area contributed by atoms with Crippen molar-refractivity contribution in [2.45, 2.75) is 26.3 Å². The van der Waals surface area contributed by atoms with Crippen molar-refractivity contribution in [3.8, 4) is 0 Å². The molecule has 0 fully saturated rings. The molecule has 2 N–H and O–H groups in total. The van der Waals surface area contributed by atoms with E-state index in [1.807, 2.05) is 13.0 Å². The van der Waals surface area contributed by atoms with Crippen LogP contribution in [0, 0.1) is 12.7 Å². The van der Waals surface area contributed by atoms with Crippen LogP contribution in [0.5, 0.6) is 0 Å². The number of nitrogens with one attached hydrogen (secondary N) is 1. The van der Waals surface area contributed by atoms with Crippen molar-refractivity contribution in [2.24, 2.45) is 0 Å². The quantitative estimate of drug-likeness (QED) is 0.616. The first-order valence-corrected chi connectivity index (χ1v) is 10.2. The number of aliphatic hydroxyl groups excluding tert-OH is 1. The van der Waals surface area contributed by atoms with Gasteiger partial charge in [0.2, 0.25) is 0 Å². The van der Waals surface area contributed by atoms with Gasteiger partial charge in [-0.05, 0) is 43.5 Å². The highest BCUT2D eigenvalue weighted by Crippen LogP contribution is 2.23. The number of aryl methyl sites for hydroxylation is 2.